The monoisotopic (exact) mass is 576 g/mol. The largest absolute Gasteiger partial charge is 0.508 e. The zero-order chi connectivity index (χ0) is 30.0. The molecule has 10 N–H and O–H groups in total. The van der Waals surface area contributed by atoms with Crippen LogP contribution in [0.1, 0.15) is 40.0 Å². The SMILES string of the molecule is OC1=C(c2c(O)cc(O)c3c2O[C@@H](c2ccc(O)c(O)c2)[C@H](O)C3)c2c(O)cc(O)cc2O[C@H]1c1ccc(O)c(O)c1. The minimum Gasteiger partial charge on any atom is -0.508 e. The van der Waals surface area contributed by atoms with Crippen LogP contribution in [0.2, 0.25) is 0 Å². The number of benzene rings is 4. The molecule has 4 aromatic carbocycles. The zero-order valence-corrected chi connectivity index (χ0v) is 21.4. The van der Waals surface area contributed by atoms with Crippen LogP contribution in [0.4, 0.5) is 0 Å². The highest BCUT2D eigenvalue weighted by Crippen LogP contribution is 2.56. The minimum atomic E-state index is -1.39. The number of aliphatic hydroxyl groups excluding tert-OH is 2. The fourth-order valence-corrected chi connectivity index (χ4v) is 5.33. The molecule has 216 valence electrons. The van der Waals surface area contributed by atoms with Crippen molar-refractivity contribution in [2.75, 3.05) is 0 Å². The molecule has 12 nitrogen and oxygen atoms in total. The molecule has 0 amide bonds. The van der Waals surface area contributed by atoms with E-state index in [1.54, 1.807) is 0 Å². The molecule has 0 aliphatic carbocycles. The molecule has 0 bridgehead atoms. The Morgan fingerprint density at radius 1 is 0.571 bits per heavy atom. The van der Waals surface area contributed by atoms with Gasteiger partial charge in [-0.1, -0.05) is 12.1 Å². The summed E-state index contributed by atoms with van der Waals surface area (Å²) in [6.45, 7) is 0. The summed E-state index contributed by atoms with van der Waals surface area (Å²) in [7, 11) is 0. The van der Waals surface area contributed by atoms with Crippen molar-refractivity contribution >= 4 is 5.57 Å². The van der Waals surface area contributed by atoms with Crippen LogP contribution < -0.4 is 9.47 Å². The molecule has 0 radical (unpaired) electrons. The second kappa shape index (κ2) is 9.49. The smallest absolute Gasteiger partial charge is 0.181 e. The number of ether oxygens (including phenoxy) is 2. The molecule has 0 spiro atoms. The van der Waals surface area contributed by atoms with E-state index in [-0.39, 0.29) is 57.1 Å². The van der Waals surface area contributed by atoms with Crippen molar-refractivity contribution in [1.82, 2.24) is 0 Å². The van der Waals surface area contributed by atoms with Crippen LogP contribution in [0, 0.1) is 0 Å². The number of phenols is 8. The molecule has 3 atom stereocenters. The number of hydrogen-bond acceptors (Lipinski definition) is 12. The molecule has 0 unspecified atom stereocenters. The van der Waals surface area contributed by atoms with Gasteiger partial charge in [0, 0.05) is 41.3 Å². The van der Waals surface area contributed by atoms with Crippen LogP contribution in [0.5, 0.6) is 57.5 Å². The molecule has 6 rings (SSSR count). The Morgan fingerprint density at radius 3 is 1.86 bits per heavy atom. The van der Waals surface area contributed by atoms with Crippen LogP contribution in [0.3, 0.4) is 0 Å². The second-order valence-corrected chi connectivity index (χ2v) is 10.00. The van der Waals surface area contributed by atoms with E-state index >= 15 is 0 Å². The van der Waals surface area contributed by atoms with E-state index in [0.717, 1.165) is 24.3 Å². The Balaban J connectivity index is 1.61. The van der Waals surface area contributed by atoms with E-state index in [2.05, 4.69) is 0 Å². The van der Waals surface area contributed by atoms with Crippen molar-refractivity contribution in [3.63, 3.8) is 0 Å². The Kier molecular flexibility index (Phi) is 6.01. The predicted octanol–water partition coefficient (Wildman–Crippen LogP) is 3.82. The third-order valence-corrected chi connectivity index (χ3v) is 7.29. The average molecular weight is 577 g/mol. The molecule has 0 saturated carbocycles. The molecule has 2 aliphatic rings. The van der Waals surface area contributed by atoms with Crippen LogP contribution in [0.25, 0.3) is 5.57 Å². The first-order chi connectivity index (χ1) is 19.9. The van der Waals surface area contributed by atoms with Gasteiger partial charge in [-0.25, -0.2) is 0 Å². The van der Waals surface area contributed by atoms with Crippen molar-refractivity contribution in [2.24, 2.45) is 0 Å². The quantitative estimate of drug-likeness (QED) is 0.157. The lowest BCUT2D eigenvalue weighted by atomic mass is 9.85. The van der Waals surface area contributed by atoms with E-state index in [4.69, 9.17) is 9.47 Å². The zero-order valence-electron chi connectivity index (χ0n) is 21.4. The highest BCUT2D eigenvalue weighted by atomic mass is 16.5. The van der Waals surface area contributed by atoms with Gasteiger partial charge in [0.1, 0.15) is 46.4 Å². The lowest BCUT2D eigenvalue weighted by Crippen LogP contribution is -2.31. The number of fused-ring (bicyclic) bond motifs is 2. The van der Waals surface area contributed by atoms with Crippen molar-refractivity contribution in [2.45, 2.75) is 24.7 Å². The molecule has 0 fully saturated rings. The van der Waals surface area contributed by atoms with Crippen molar-refractivity contribution < 1.29 is 60.5 Å². The number of hydrogen-bond donors (Lipinski definition) is 10. The summed E-state index contributed by atoms with van der Waals surface area (Å²) < 4.78 is 12.0. The topological polar surface area (TPSA) is 221 Å². The standard InChI is InChI=1S/C30H24O12/c31-13-7-20(37)24-23(8-13)41-29(12-2-4-16(33)19(36)6-12)27(40)26(24)25-21(38)10-17(34)14-9-22(39)28(42-30(14)25)11-1-3-15(32)18(35)5-11/h1-8,10,22,28-29,31-40H,9H2/t22-,28+,29+/m1/s1. The normalized spacial score (nSPS) is 19.4. The van der Waals surface area contributed by atoms with E-state index in [1.165, 1.54) is 30.3 Å². The maximum absolute atomic E-state index is 11.6. The molecule has 42 heavy (non-hydrogen) atoms. The highest BCUT2D eigenvalue weighted by Gasteiger charge is 2.40. The summed E-state index contributed by atoms with van der Waals surface area (Å²) in [5, 5.41) is 105. The molecular weight excluding hydrogens is 552 g/mol. The molecule has 0 saturated heterocycles. The number of phenolic OH excluding ortho intramolecular Hbond substituents is 8. The van der Waals surface area contributed by atoms with Gasteiger partial charge in [-0.2, -0.15) is 0 Å². The van der Waals surface area contributed by atoms with Crippen LogP contribution in [-0.2, 0) is 6.42 Å². The first-order valence-corrected chi connectivity index (χ1v) is 12.6. The summed E-state index contributed by atoms with van der Waals surface area (Å²) in [5.74, 6) is -4.67. The van der Waals surface area contributed by atoms with Gasteiger partial charge in [0.2, 0.25) is 0 Å². The summed E-state index contributed by atoms with van der Waals surface area (Å²) in [5.41, 5.74) is -0.133. The van der Waals surface area contributed by atoms with Gasteiger partial charge >= 0.3 is 0 Å². The molecule has 2 heterocycles. The van der Waals surface area contributed by atoms with E-state index in [9.17, 15) is 51.1 Å². The Morgan fingerprint density at radius 2 is 1.19 bits per heavy atom. The van der Waals surface area contributed by atoms with E-state index < -0.39 is 64.3 Å². The number of aromatic hydroxyl groups is 8. The van der Waals surface area contributed by atoms with Crippen molar-refractivity contribution in [3.8, 4) is 57.5 Å². The van der Waals surface area contributed by atoms with Crippen molar-refractivity contribution in [1.29, 1.82) is 0 Å². The fraction of sp³-hybridized carbons (Fsp3) is 0.133. The van der Waals surface area contributed by atoms with Gasteiger partial charge in [0.15, 0.2) is 29.1 Å². The Labute approximate surface area is 236 Å². The summed E-state index contributed by atoms with van der Waals surface area (Å²) in [6, 6.07) is 10.6. The molecule has 12 heteroatoms. The van der Waals surface area contributed by atoms with Crippen LogP contribution in [-0.4, -0.2) is 57.2 Å². The summed E-state index contributed by atoms with van der Waals surface area (Å²) in [6.07, 6.45) is -4.02. The third kappa shape index (κ3) is 4.12. The van der Waals surface area contributed by atoms with Crippen LogP contribution in [0.15, 0.2) is 60.4 Å². The molecular formula is C30H24O12. The summed E-state index contributed by atoms with van der Waals surface area (Å²) >= 11 is 0. The molecule has 0 aromatic heterocycles. The Bertz CT molecular complexity index is 1790. The lowest BCUT2D eigenvalue weighted by molar-refractivity contribution is 0.0194. The van der Waals surface area contributed by atoms with Gasteiger partial charge in [-0.15, -0.1) is 0 Å². The van der Waals surface area contributed by atoms with Crippen LogP contribution >= 0.6 is 0 Å². The third-order valence-electron chi connectivity index (χ3n) is 7.29. The van der Waals surface area contributed by atoms with Gasteiger partial charge in [0.25, 0.3) is 0 Å². The molecule has 2 aliphatic heterocycles. The second-order valence-electron chi connectivity index (χ2n) is 10.00. The van der Waals surface area contributed by atoms with E-state index in [1.807, 2.05) is 0 Å². The minimum absolute atomic E-state index is 0.0555. The highest BCUT2D eigenvalue weighted by molar-refractivity contribution is 5.94. The number of rotatable bonds is 3. The molecule has 4 aromatic rings. The van der Waals surface area contributed by atoms with Gasteiger partial charge in [0.05, 0.1) is 17.2 Å². The Hall–Kier alpha value is -5.62. The van der Waals surface area contributed by atoms with Gasteiger partial charge in [-0.3, -0.25) is 0 Å². The fourth-order valence-electron chi connectivity index (χ4n) is 5.33. The maximum Gasteiger partial charge on any atom is 0.181 e. The van der Waals surface area contributed by atoms with Gasteiger partial charge in [-0.05, 0) is 29.8 Å². The first kappa shape index (κ1) is 26.6. The summed E-state index contributed by atoms with van der Waals surface area (Å²) in [4.78, 5) is 0. The first-order valence-electron chi connectivity index (χ1n) is 12.6. The van der Waals surface area contributed by atoms with Gasteiger partial charge < -0.3 is 60.5 Å². The maximum atomic E-state index is 11.6. The van der Waals surface area contributed by atoms with E-state index in [0.29, 0.717) is 0 Å². The number of aliphatic hydroxyl groups is 2. The average Bonchev–Trinajstić information content (AvgIpc) is 2.93. The van der Waals surface area contributed by atoms with Crippen molar-refractivity contribution in [3.05, 3.63) is 88.2 Å². The predicted molar refractivity (Wildman–Crippen MR) is 144 cm³/mol. The lowest BCUT2D eigenvalue weighted by Gasteiger charge is -2.35.